The maximum atomic E-state index is 12.0. The molecule has 1 rings (SSSR count). The van der Waals surface area contributed by atoms with Crippen LogP contribution in [0.3, 0.4) is 0 Å². The number of carbonyl (C=O) groups excluding carboxylic acids is 1. The molecule has 112 valence electrons. The Balaban J connectivity index is 2.07. The highest BCUT2D eigenvalue weighted by atomic mass is 16.5. The SMILES string of the molecule is COCCOCCCNC(=O)C1CCC(N)CC1C. The van der Waals surface area contributed by atoms with Crippen LogP contribution in [0.1, 0.15) is 32.6 Å². The lowest BCUT2D eigenvalue weighted by molar-refractivity contribution is -0.127. The summed E-state index contributed by atoms with van der Waals surface area (Å²) >= 11 is 0. The minimum absolute atomic E-state index is 0.134. The van der Waals surface area contributed by atoms with Crippen LogP contribution in [0.15, 0.2) is 0 Å². The van der Waals surface area contributed by atoms with Gasteiger partial charge in [-0.2, -0.15) is 0 Å². The number of rotatable bonds is 8. The highest BCUT2D eigenvalue weighted by molar-refractivity contribution is 5.79. The van der Waals surface area contributed by atoms with Gasteiger partial charge in [-0.1, -0.05) is 6.92 Å². The van der Waals surface area contributed by atoms with Crippen molar-refractivity contribution in [1.82, 2.24) is 5.32 Å². The number of hydrogen-bond acceptors (Lipinski definition) is 4. The van der Waals surface area contributed by atoms with Gasteiger partial charge in [0.1, 0.15) is 0 Å². The average molecular weight is 272 g/mol. The van der Waals surface area contributed by atoms with Crippen molar-refractivity contribution in [2.24, 2.45) is 17.6 Å². The minimum atomic E-state index is 0.134. The molecule has 0 bridgehead atoms. The fourth-order valence-corrected chi connectivity index (χ4v) is 2.59. The first-order valence-electron chi connectivity index (χ1n) is 7.25. The maximum Gasteiger partial charge on any atom is 0.223 e. The lowest BCUT2D eigenvalue weighted by Crippen LogP contribution is -2.41. The van der Waals surface area contributed by atoms with E-state index in [1.807, 2.05) is 0 Å². The van der Waals surface area contributed by atoms with Crippen molar-refractivity contribution in [2.45, 2.75) is 38.6 Å². The Morgan fingerprint density at radius 3 is 2.79 bits per heavy atom. The fourth-order valence-electron chi connectivity index (χ4n) is 2.59. The Hall–Kier alpha value is -0.650. The van der Waals surface area contributed by atoms with Crippen molar-refractivity contribution < 1.29 is 14.3 Å². The van der Waals surface area contributed by atoms with Crippen LogP contribution in [-0.2, 0) is 14.3 Å². The summed E-state index contributed by atoms with van der Waals surface area (Å²) in [5.74, 6) is 0.701. The predicted molar refractivity (Wildman–Crippen MR) is 74.8 cm³/mol. The van der Waals surface area contributed by atoms with Gasteiger partial charge < -0.3 is 20.5 Å². The summed E-state index contributed by atoms with van der Waals surface area (Å²) in [7, 11) is 1.65. The Morgan fingerprint density at radius 1 is 1.32 bits per heavy atom. The number of nitrogens with one attached hydrogen (secondary N) is 1. The third-order valence-corrected chi connectivity index (χ3v) is 3.74. The molecule has 1 aliphatic carbocycles. The van der Waals surface area contributed by atoms with Gasteiger partial charge in [-0.15, -0.1) is 0 Å². The highest BCUT2D eigenvalue weighted by Crippen LogP contribution is 2.29. The second-order valence-corrected chi connectivity index (χ2v) is 5.41. The number of amides is 1. The fraction of sp³-hybridized carbons (Fsp3) is 0.929. The third-order valence-electron chi connectivity index (χ3n) is 3.74. The van der Waals surface area contributed by atoms with E-state index in [1.165, 1.54) is 0 Å². The van der Waals surface area contributed by atoms with Gasteiger partial charge in [-0.3, -0.25) is 4.79 Å². The molecule has 0 aromatic carbocycles. The second-order valence-electron chi connectivity index (χ2n) is 5.41. The molecule has 0 spiro atoms. The van der Waals surface area contributed by atoms with Crippen LogP contribution in [0.5, 0.6) is 0 Å². The molecule has 0 aliphatic heterocycles. The van der Waals surface area contributed by atoms with E-state index in [1.54, 1.807) is 7.11 Å². The number of methoxy groups -OCH3 is 1. The quantitative estimate of drug-likeness (QED) is 0.644. The van der Waals surface area contributed by atoms with Crippen LogP contribution in [0.4, 0.5) is 0 Å². The summed E-state index contributed by atoms with van der Waals surface area (Å²) in [5, 5.41) is 3.00. The molecular weight excluding hydrogens is 244 g/mol. The first-order valence-corrected chi connectivity index (χ1v) is 7.25. The van der Waals surface area contributed by atoms with Gasteiger partial charge in [-0.25, -0.2) is 0 Å². The molecule has 0 aromatic rings. The number of hydrogen-bond donors (Lipinski definition) is 2. The molecule has 3 unspecified atom stereocenters. The molecule has 0 saturated heterocycles. The van der Waals surface area contributed by atoms with E-state index in [-0.39, 0.29) is 17.9 Å². The van der Waals surface area contributed by atoms with Gasteiger partial charge in [-0.05, 0) is 31.6 Å². The van der Waals surface area contributed by atoms with Crippen molar-refractivity contribution in [3.8, 4) is 0 Å². The summed E-state index contributed by atoms with van der Waals surface area (Å²) in [5.41, 5.74) is 5.91. The Labute approximate surface area is 116 Å². The molecule has 3 N–H and O–H groups in total. The Morgan fingerprint density at radius 2 is 2.11 bits per heavy atom. The molecule has 1 aliphatic rings. The normalized spacial score (nSPS) is 27.2. The van der Waals surface area contributed by atoms with Crippen LogP contribution in [0.2, 0.25) is 0 Å². The second kappa shape index (κ2) is 9.28. The third kappa shape index (κ3) is 6.36. The van der Waals surface area contributed by atoms with Crippen molar-refractivity contribution in [1.29, 1.82) is 0 Å². The molecule has 1 saturated carbocycles. The molecule has 1 amide bonds. The zero-order valence-electron chi connectivity index (χ0n) is 12.2. The first kappa shape index (κ1) is 16.4. The summed E-state index contributed by atoms with van der Waals surface area (Å²) < 4.78 is 10.2. The molecule has 5 nitrogen and oxygen atoms in total. The number of nitrogens with two attached hydrogens (primary N) is 1. The van der Waals surface area contributed by atoms with Crippen LogP contribution in [-0.4, -0.2) is 45.4 Å². The van der Waals surface area contributed by atoms with E-state index in [9.17, 15) is 4.79 Å². The van der Waals surface area contributed by atoms with E-state index >= 15 is 0 Å². The lowest BCUT2D eigenvalue weighted by atomic mass is 9.78. The molecule has 19 heavy (non-hydrogen) atoms. The maximum absolute atomic E-state index is 12.0. The van der Waals surface area contributed by atoms with Crippen LogP contribution < -0.4 is 11.1 Å². The van der Waals surface area contributed by atoms with Gasteiger partial charge in [0, 0.05) is 32.2 Å². The number of carbonyl (C=O) groups is 1. The Bertz CT molecular complexity index is 261. The predicted octanol–water partition coefficient (Wildman–Crippen LogP) is 0.919. The zero-order valence-corrected chi connectivity index (χ0v) is 12.2. The van der Waals surface area contributed by atoms with E-state index in [4.69, 9.17) is 15.2 Å². The van der Waals surface area contributed by atoms with Crippen molar-refractivity contribution in [2.75, 3.05) is 33.5 Å². The smallest absolute Gasteiger partial charge is 0.223 e. The van der Waals surface area contributed by atoms with Gasteiger partial charge in [0.25, 0.3) is 0 Å². The van der Waals surface area contributed by atoms with E-state index in [0.717, 1.165) is 25.7 Å². The topological polar surface area (TPSA) is 73.6 Å². The van der Waals surface area contributed by atoms with Crippen molar-refractivity contribution >= 4 is 5.91 Å². The molecule has 3 atom stereocenters. The molecule has 1 fully saturated rings. The summed E-state index contributed by atoms with van der Waals surface area (Å²) in [6, 6.07) is 0.272. The molecule has 5 heteroatoms. The summed E-state index contributed by atoms with van der Waals surface area (Å²) in [6.45, 7) is 4.70. The van der Waals surface area contributed by atoms with Crippen LogP contribution in [0, 0.1) is 11.8 Å². The average Bonchev–Trinajstić information content (AvgIpc) is 2.37. The molecule has 0 aromatic heterocycles. The van der Waals surface area contributed by atoms with Gasteiger partial charge in [0.2, 0.25) is 5.91 Å². The zero-order chi connectivity index (χ0) is 14.1. The van der Waals surface area contributed by atoms with E-state index in [2.05, 4.69) is 12.2 Å². The standard InChI is InChI=1S/C14H28N2O3/c1-11-10-12(15)4-5-13(11)14(17)16-6-3-7-19-9-8-18-2/h11-13H,3-10,15H2,1-2H3,(H,16,17). The van der Waals surface area contributed by atoms with Gasteiger partial charge in [0.05, 0.1) is 13.2 Å². The number of ether oxygens (including phenoxy) is 2. The molecule has 0 heterocycles. The molecule has 0 radical (unpaired) electrons. The summed E-state index contributed by atoms with van der Waals surface area (Å²) in [6.07, 6.45) is 3.68. The largest absolute Gasteiger partial charge is 0.382 e. The van der Waals surface area contributed by atoms with Crippen LogP contribution in [0.25, 0.3) is 0 Å². The monoisotopic (exact) mass is 272 g/mol. The molecular formula is C14H28N2O3. The first-order chi connectivity index (χ1) is 9.15. The minimum Gasteiger partial charge on any atom is -0.382 e. The van der Waals surface area contributed by atoms with E-state index in [0.29, 0.717) is 32.3 Å². The van der Waals surface area contributed by atoms with Gasteiger partial charge >= 0.3 is 0 Å². The highest BCUT2D eigenvalue weighted by Gasteiger charge is 2.30. The van der Waals surface area contributed by atoms with Gasteiger partial charge in [0.15, 0.2) is 0 Å². The van der Waals surface area contributed by atoms with E-state index < -0.39 is 0 Å². The Kier molecular flexibility index (Phi) is 8.02. The van der Waals surface area contributed by atoms with Crippen molar-refractivity contribution in [3.63, 3.8) is 0 Å². The van der Waals surface area contributed by atoms with Crippen LogP contribution >= 0.6 is 0 Å². The van der Waals surface area contributed by atoms with Crippen molar-refractivity contribution in [3.05, 3.63) is 0 Å². The lowest BCUT2D eigenvalue weighted by Gasteiger charge is -2.31. The summed E-state index contributed by atoms with van der Waals surface area (Å²) in [4.78, 5) is 12.0.